The third kappa shape index (κ3) is 5.79. The van der Waals surface area contributed by atoms with Crippen molar-refractivity contribution < 1.29 is 19.1 Å². The summed E-state index contributed by atoms with van der Waals surface area (Å²) >= 11 is 3.29. The molecule has 0 spiro atoms. The van der Waals surface area contributed by atoms with Crippen LogP contribution in [0.4, 0.5) is 0 Å². The van der Waals surface area contributed by atoms with E-state index in [1.807, 2.05) is 6.92 Å². The molecule has 132 valence electrons. The number of hydrogen-bond donors (Lipinski definition) is 2. The number of nitrogens with one attached hydrogen (secondary N) is 2. The van der Waals surface area contributed by atoms with Crippen molar-refractivity contribution in [2.75, 3.05) is 6.61 Å². The lowest BCUT2D eigenvalue weighted by molar-refractivity contribution is -0.128. The lowest BCUT2D eigenvalue weighted by atomic mass is 10.2. The third-order valence-corrected chi connectivity index (χ3v) is 3.75. The van der Waals surface area contributed by atoms with Crippen LogP contribution in [0.3, 0.4) is 0 Å². The summed E-state index contributed by atoms with van der Waals surface area (Å²) in [6.07, 6.45) is -0.775. The molecule has 0 aromatic heterocycles. The molecule has 0 saturated heterocycles. The summed E-state index contributed by atoms with van der Waals surface area (Å²) in [6.45, 7) is 4.08. The largest absolute Gasteiger partial charge is 0.494 e. The van der Waals surface area contributed by atoms with Gasteiger partial charge in [0.15, 0.2) is 6.10 Å². The number of amides is 2. The predicted octanol–water partition coefficient (Wildman–Crippen LogP) is 3.08. The van der Waals surface area contributed by atoms with Crippen LogP contribution in [0.2, 0.25) is 0 Å². The van der Waals surface area contributed by atoms with Crippen molar-refractivity contribution in [1.82, 2.24) is 10.9 Å². The number of carbonyl (C=O) groups excluding carboxylic acids is 2. The molecular formula is C18H19BrN2O4. The summed E-state index contributed by atoms with van der Waals surface area (Å²) in [5.41, 5.74) is 5.14. The van der Waals surface area contributed by atoms with Gasteiger partial charge in [0.05, 0.1) is 6.61 Å². The molecule has 0 heterocycles. The van der Waals surface area contributed by atoms with E-state index in [4.69, 9.17) is 9.47 Å². The zero-order valence-corrected chi connectivity index (χ0v) is 15.5. The third-order valence-electron chi connectivity index (χ3n) is 3.22. The van der Waals surface area contributed by atoms with Gasteiger partial charge in [0.1, 0.15) is 11.5 Å². The molecule has 0 saturated carbocycles. The van der Waals surface area contributed by atoms with Gasteiger partial charge >= 0.3 is 0 Å². The fourth-order valence-electron chi connectivity index (χ4n) is 1.93. The summed E-state index contributed by atoms with van der Waals surface area (Å²) in [7, 11) is 0. The van der Waals surface area contributed by atoms with E-state index >= 15 is 0 Å². The van der Waals surface area contributed by atoms with E-state index in [1.165, 1.54) is 0 Å². The van der Waals surface area contributed by atoms with E-state index in [0.29, 0.717) is 17.9 Å². The van der Waals surface area contributed by atoms with Gasteiger partial charge in [-0.15, -0.1) is 0 Å². The monoisotopic (exact) mass is 406 g/mol. The van der Waals surface area contributed by atoms with Gasteiger partial charge in [0.2, 0.25) is 0 Å². The van der Waals surface area contributed by atoms with Crippen molar-refractivity contribution >= 4 is 27.7 Å². The number of carbonyl (C=O) groups is 2. The van der Waals surface area contributed by atoms with Crippen LogP contribution in [0.15, 0.2) is 53.0 Å². The van der Waals surface area contributed by atoms with Crippen LogP contribution in [0.1, 0.15) is 24.2 Å². The first-order valence-electron chi connectivity index (χ1n) is 7.75. The van der Waals surface area contributed by atoms with Crippen molar-refractivity contribution in [2.24, 2.45) is 0 Å². The average molecular weight is 407 g/mol. The number of rotatable bonds is 6. The first-order valence-corrected chi connectivity index (χ1v) is 8.54. The van der Waals surface area contributed by atoms with Crippen LogP contribution >= 0.6 is 15.9 Å². The van der Waals surface area contributed by atoms with Crippen molar-refractivity contribution in [1.29, 1.82) is 0 Å². The van der Waals surface area contributed by atoms with E-state index in [9.17, 15) is 9.59 Å². The van der Waals surface area contributed by atoms with Crippen LogP contribution in [-0.4, -0.2) is 24.5 Å². The number of hydrazine groups is 1. The second-order valence-corrected chi connectivity index (χ2v) is 6.03. The van der Waals surface area contributed by atoms with E-state index in [0.717, 1.165) is 10.2 Å². The summed E-state index contributed by atoms with van der Waals surface area (Å²) in [6, 6.07) is 13.7. The van der Waals surface area contributed by atoms with Gasteiger partial charge < -0.3 is 9.47 Å². The quantitative estimate of drug-likeness (QED) is 0.722. The van der Waals surface area contributed by atoms with Crippen LogP contribution in [0, 0.1) is 0 Å². The Balaban J connectivity index is 1.83. The number of halogens is 1. The molecule has 6 nitrogen and oxygen atoms in total. The zero-order valence-electron chi connectivity index (χ0n) is 13.9. The van der Waals surface area contributed by atoms with Gasteiger partial charge in [-0.2, -0.15) is 0 Å². The summed E-state index contributed by atoms with van der Waals surface area (Å²) in [4.78, 5) is 24.0. The van der Waals surface area contributed by atoms with Crippen LogP contribution in [0.5, 0.6) is 11.5 Å². The lowest BCUT2D eigenvalue weighted by Crippen LogP contribution is -2.47. The Morgan fingerprint density at radius 2 is 1.60 bits per heavy atom. The highest BCUT2D eigenvalue weighted by Crippen LogP contribution is 2.18. The van der Waals surface area contributed by atoms with Crippen molar-refractivity contribution in [2.45, 2.75) is 20.0 Å². The SMILES string of the molecule is CCOc1ccc(OC(C)C(=O)NNC(=O)c2ccc(Br)cc2)cc1. The van der Waals surface area contributed by atoms with Crippen LogP contribution in [0.25, 0.3) is 0 Å². The van der Waals surface area contributed by atoms with E-state index in [-0.39, 0.29) is 0 Å². The molecule has 0 fully saturated rings. The maximum absolute atomic E-state index is 12.0. The van der Waals surface area contributed by atoms with Gasteiger partial charge in [-0.3, -0.25) is 20.4 Å². The van der Waals surface area contributed by atoms with Gasteiger partial charge in [-0.25, -0.2) is 0 Å². The number of hydrogen-bond acceptors (Lipinski definition) is 4. The number of ether oxygens (including phenoxy) is 2. The molecule has 0 bridgehead atoms. The van der Waals surface area contributed by atoms with E-state index in [2.05, 4.69) is 26.8 Å². The molecule has 2 amide bonds. The fourth-order valence-corrected chi connectivity index (χ4v) is 2.20. The highest BCUT2D eigenvalue weighted by Gasteiger charge is 2.16. The molecule has 25 heavy (non-hydrogen) atoms. The average Bonchev–Trinajstić information content (AvgIpc) is 2.61. The maximum Gasteiger partial charge on any atom is 0.279 e. The van der Waals surface area contributed by atoms with E-state index in [1.54, 1.807) is 55.5 Å². The molecule has 7 heteroatoms. The van der Waals surface area contributed by atoms with Crippen molar-refractivity contribution in [3.8, 4) is 11.5 Å². The Kier molecular flexibility index (Phi) is 6.82. The molecule has 1 unspecified atom stereocenters. The van der Waals surface area contributed by atoms with Gasteiger partial charge in [0, 0.05) is 10.0 Å². The molecule has 0 radical (unpaired) electrons. The summed E-state index contributed by atoms with van der Waals surface area (Å²) in [5.74, 6) is 0.396. The first kappa shape index (κ1) is 18.8. The molecule has 2 aromatic carbocycles. The minimum atomic E-state index is -0.775. The van der Waals surface area contributed by atoms with Gasteiger partial charge in [-0.05, 0) is 62.4 Å². The van der Waals surface area contributed by atoms with Gasteiger partial charge in [0.25, 0.3) is 11.8 Å². The number of benzene rings is 2. The van der Waals surface area contributed by atoms with E-state index < -0.39 is 17.9 Å². The summed E-state index contributed by atoms with van der Waals surface area (Å²) < 4.78 is 11.7. The molecule has 2 aromatic rings. The predicted molar refractivity (Wildman–Crippen MR) is 97.5 cm³/mol. The molecule has 0 aliphatic rings. The Morgan fingerprint density at radius 3 is 2.20 bits per heavy atom. The summed E-state index contributed by atoms with van der Waals surface area (Å²) in [5, 5.41) is 0. The minimum Gasteiger partial charge on any atom is -0.494 e. The molecule has 2 N–H and O–H groups in total. The Hall–Kier alpha value is -2.54. The highest BCUT2D eigenvalue weighted by molar-refractivity contribution is 9.10. The molecule has 0 aliphatic heterocycles. The normalized spacial score (nSPS) is 11.3. The van der Waals surface area contributed by atoms with Crippen molar-refractivity contribution in [3.05, 3.63) is 58.6 Å². The smallest absolute Gasteiger partial charge is 0.279 e. The topological polar surface area (TPSA) is 76.7 Å². The molecule has 0 aliphatic carbocycles. The standard InChI is InChI=1S/C18H19BrN2O4/c1-3-24-15-8-10-16(11-9-15)25-12(2)17(22)20-21-18(23)13-4-6-14(19)7-5-13/h4-12H,3H2,1-2H3,(H,20,22)(H,21,23). The maximum atomic E-state index is 12.0. The molecular weight excluding hydrogens is 388 g/mol. The highest BCUT2D eigenvalue weighted by atomic mass is 79.9. The second-order valence-electron chi connectivity index (χ2n) is 5.11. The van der Waals surface area contributed by atoms with Crippen LogP contribution in [-0.2, 0) is 4.79 Å². The zero-order chi connectivity index (χ0) is 18.2. The van der Waals surface area contributed by atoms with Crippen molar-refractivity contribution in [3.63, 3.8) is 0 Å². The first-order chi connectivity index (χ1) is 12.0. The Bertz CT molecular complexity index is 717. The van der Waals surface area contributed by atoms with Crippen LogP contribution < -0.4 is 20.3 Å². The minimum absolute atomic E-state index is 0.408. The molecule has 1 atom stereocenters. The van der Waals surface area contributed by atoms with Gasteiger partial charge in [-0.1, -0.05) is 15.9 Å². The lowest BCUT2D eigenvalue weighted by Gasteiger charge is -2.15. The fraction of sp³-hybridized carbons (Fsp3) is 0.222. The Morgan fingerprint density at radius 1 is 1.00 bits per heavy atom. The second kappa shape index (κ2) is 9.08. The Labute approximate surface area is 154 Å². The molecule has 2 rings (SSSR count).